The molecule has 4 saturated carbocycles. The van der Waals surface area contributed by atoms with Crippen molar-refractivity contribution in [3.8, 4) is 0 Å². The van der Waals surface area contributed by atoms with Gasteiger partial charge in [0, 0.05) is 29.7 Å². The molecule has 1 aromatic carbocycles. The number of aliphatic hydroxyl groups excluding tert-OH is 1. The molecule has 0 radical (unpaired) electrons. The van der Waals surface area contributed by atoms with Gasteiger partial charge in [-0.3, -0.25) is 4.79 Å². The Kier molecular flexibility index (Phi) is 8.53. The fraction of sp³-hybridized carbons (Fsp3) is 0.714. The molecule has 0 spiro atoms. The largest absolute Gasteiger partial charge is 0.461 e. The van der Waals surface area contributed by atoms with Gasteiger partial charge in [0.15, 0.2) is 6.54 Å². The number of rotatable bonds is 9. The summed E-state index contributed by atoms with van der Waals surface area (Å²) in [7, 11) is 2.10. The van der Waals surface area contributed by atoms with Gasteiger partial charge in [-0.2, -0.15) is 0 Å². The Morgan fingerprint density at radius 2 is 1.72 bits per heavy atom. The summed E-state index contributed by atoms with van der Waals surface area (Å²) < 4.78 is 24.1. The number of hydrogen-bond donors (Lipinski definition) is 2. The molecule has 2 N–H and O–H groups in total. The van der Waals surface area contributed by atoms with Crippen molar-refractivity contribution in [2.45, 2.75) is 126 Å². The molecule has 4 aliphatic carbocycles. The maximum absolute atomic E-state index is 13.7. The van der Waals surface area contributed by atoms with Gasteiger partial charge in [0.25, 0.3) is 0 Å². The second kappa shape index (κ2) is 12.7. The molecule has 0 amide bonds. The first-order chi connectivity index (χ1) is 25.4. The van der Waals surface area contributed by atoms with Gasteiger partial charge >= 0.3 is 17.9 Å². The Labute approximate surface area is 310 Å². The maximum atomic E-state index is 13.7. The minimum Gasteiger partial charge on any atom is -0.461 e. The summed E-state index contributed by atoms with van der Waals surface area (Å²) in [6.07, 6.45) is 10.3. The van der Waals surface area contributed by atoms with Gasteiger partial charge in [-0.25, -0.2) is 9.59 Å². The number of ether oxygens (including phenoxy) is 4. The molecule has 4 aliphatic heterocycles. The number of nitrogens with zero attached hydrogens (tertiary/aromatic N) is 1. The van der Waals surface area contributed by atoms with Gasteiger partial charge in [-0.15, -0.1) is 0 Å². The summed E-state index contributed by atoms with van der Waals surface area (Å²) in [4.78, 5) is 52.0. The molecule has 1 aromatic rings. The van der Waals surface area contributed by atoms with Crippen LogP contribution in [0, 0.1) is 34.5 Å². The van der Waals surface area contributed by atoms with Crippen molar-refractivity contribution in [2.24, 2.45) is 34.5 Å². The standard InChI is InChI=1S/C42H54NO10/c1-40-13-11-31-32(42(40,49)15-12-30(40)25-16-35(46)50-22-25)9-8-26-17-27(10-14-41(26,31)23-45)51-36(47)20-43(2)33-18-28(19-34(43)38-37(33)53-38)52-39(48)29(21-44)24-6-4-3-5-7-24/h3-7,16,23,26-34,37-38,44,49H,8-15,17-22H2,1-2H3/q+1/t26-,27-,28?,29-,30-,31+,32-,33-,34-,37-,38+,40+,41+,42-,43?/m0/s1. The first-order valence-corrected chi connectivity index (χ1v) is 20.1. The van der Waals surface area contributed by atoms with Gasteiger partial charge in [0.1, 0.15) is 55.3 Å². The van der Waals surface area contributed by atoms with Gasteiger partial charge in [0.05, 0.1) is 19.3 Å². The Balaban J connectivity index is 0.830. The average Bonchev–Trinajstić information content (AvgIpc) is 3.69. The predicted octanol–water partition coefficient (Wildman–Crippen LogP) is 3.78. The van der Waals surface area contributed by atoms with E-state index in [-0.39, 0.29) is 90.7 Å². The quantitative estimate of drug-likeness (QED) is 0.126. The number of epoxide rings is 1. The smallest absolute Gasteiger partial charge is 0.362 e. The number of piperidine rings is 1. The number of quaternary nitrogens is 1. The summed E-state index contributed by atoms with van der Waals surface area (Å²) in [6.45, 7) is 2.41. The van der Waals surface area contributed by atoms with E-state index in [2.05, 4.69) is 14.0 Å². The normalized spacial score (nSPS) is 46.8. The summed E-state index contributed by atoms with van der Waals surface area (Å²) >= 11 is 0. The highest BCUT2D eigenvalue weighted by molar-refractivity contribution is 5.85. The number of esters is 3. The van der Waals surface area contributed by atoms with Crippen molar-refractivity contribution in [1.29, 1.82) is 0 Å². The van der Waals surface area contributed by atoms with E-state index in [9.17, 15) is 29.4 Å². The van der Waals surface area contributed by atoms with E-state index in [1.54, 1.807) is 6.08 Å². The summed E-state index contributed by atoms with van der Waals surface area (Å²) in [6, 6.07) is 9.21. The van der Waals surface area contributed by atoms with Crippen molar-refractivity contribution in [3.05, 3.63) is 47.5 Å². The van der Waals surface area contributed by atoms with E-state index in [1.807, 2.05) is 30.3 Å². The highest BCUT2D eigenvalue weighted by Crippen LogP contribution is 2.69. The van der Waals surface area contributed by atoms with Gasteiger partial charge < -0.3 is 38.4 Å². The molecule has 11 nitrogen and oxygen atoms in total. The Morgan fingerprint density at radius 3 is 2.40 bits per heavy atom. The molecule has 2 unspecified atom stereocenters. The van der Waals surface area contributed by atoms with Crippen LogP contribution in [-0.2, 0) is 38.1 Å². The van der Waals surface area contributed by atoms with Crippen molar-refractivity contribution in [3.63, 3.8) is 0 Å². The van der Waals surface area contributed by atoms with Gasteiger partial charge in [-0.1, -0.05) is 37.3 Å². The molecule has 53 heavy (non-hydrogen) atoms. The van der Waals surface area contributed by atoms with Crippen LogP contribution >= 0.6 is 0 Å². The highest BCUT2D eigenvalue weighted by atomic mass is 16.6. The van der Waals surface area contributed by atoms with E-state index < -0.39 is 22.9 Å². The lowest BCUT2D eigenvalue weighted by atomic mass is 9.43. The van der Waals surface area contributed by atoms with E-state index in [0.717, 1.165) is 43.2 Å². The number of cyclic esters (lactones) is 1. The van der Waals surface area contributed by atoms with Crippen LogP contribution in [0.2, 0.25) is 0 Å². The molecule has 15 atom stereocenters. The number of likely N-dealkylation sites (N-methyl/N-ethyl adjacent to an activating group) is 1. The third-order valence-corrected chi connectivity index (χ3v) is 16.3. The summed E-state index contributed by atoms with van der Waals surface area (Å²) in [5.74, 6) is -1.36. The zero-order chi connectivity index (χ0) is 36.9. The second-order valence-electron chi connectivity index (χ2n) is 18.3. The van der Waals surface area contributed by atoms with Crippen LogP contribution in [0.25, 0.3) is 0 Å². The van der Waals surface area contributed by atoms with Crippen molar-refractivity contribution >= 4 is 24.2 Å². The molecule has 2 bridgehead atoms. The number of carbonyl (C=O) groups excluding carboxylic acids is 4. The number of aliphatic hydroxyl groups is 2. The zero-order valence-electron chi connectivity index (χ0n) is 30.9. The Bertz CT molecular complexity index is 1680. The lowest BCUT2D eigenvalue weighted by molar-refractivity contribution is -0.949. The van der Waals surface area contributed by atoms with Crippen LogP contribution < -0.4 is 0 Å². The molecule has 0 aromatic heterocycles. The number of aldehydes is 1. The van der Waals surface area contributed by atoms with Crippen LogP contribution in [0.15, 0.2) is 42.0 Å². The van der Waals surface area contributed by atoms with E-state index in [0.29, 0.717) is 49.6 Å². The lowest BCUT2D eigenvalue weighted by Crippen LogP contribution is -2.64. The van der Waals surface area contributed by atoms with E-state index in [1.165, 1.54) is 6.29 Å². The maximum Gasteiger partial charge on any atom is 0.362 e. The van der Waals surface area contributed by atoms with Crippen LogP contribution in [0.1, 0.15) is 89.0 Å². The highest BCUT2D eigenvalue weighted by Gasteiger charge is 2.73. The van der Waals surface area contributed by atoms with Crippen LogP contribution in [0.3, 0.4) is 0 Å². The topological polar surface area (TPSA) is 149 Å². The number of hydrogen-bond acceptors (Lipinski definition) is 10. The van der Waals surface area contributed by atoms with Crippen LogP contribution in [-0.4, -0.2) is 108 Å². The number of carbonyl (C=O) groups is 4. The predicted molar refractivity (Wildman–Crippen MR) is 189 cm³/mol. The zero-order valence-corrected chi connectivity index (χ0v) is 30.9. The van der Waals surface area contributed by atoms with E-state index in [4.69, 9.17) is 18.9 Å². The van der Waals surface area contributed by atoms with E-state index >= 15 is 0 Å². The minimum absolute atomic E-state index is 0.00805. The van der Waals surface area contributed by atoms with Crippen molar-refractivity contribution < 1.29 is 52.8 Å². The molecule has 9 rings (SSSR count). The monoisotopic (exact) mass is 732 g/mol. The molecule has 7 fully saturated rings. The van der Waals surface area contributed by atoms with Gasteiger partial charge in [-0.05, 0) is 92.6 Å². The number of morpholine rings is 1. The minimum atomic E-state index is -0.895. The van der Waals surface area contributed by atoms with Crippen molar-refractivity contribution in [1.82, 2.24) is 0 Å². The van der Waals surface area contributed by atoms with Gasteiger partial charge in [0.2, 0.25) is 0 Å². The molecular formula is C42H54NO10+. The third-order valence-electron chi connectivity index (χ3n) is 16.3. The van der Waals surface area contributed by atoms with Crippen LogP contribution in [0.4, 0.5) is 0 Å². The summed E-state index contributed by atoms with van der Waals surface area (Å²) in [5, 5.41) is 22.5. The Hall–Kier alpha value is -3.12. The average molecular weight is 733 g/mol. The molecule has 11 heteroatoms. The molecule has 3 saturated heterocycles. The number of fused-ring (bicyclic) bond motifs is 10. The first-order valence-electron chi connectivity index (χ1n) is 20.1. The SMILES string of the molecule is C[C@]12CC[C@@H]3[C@H](CC[C@H]4C[C@@H](OC(=O)C[N+]5(C)[C@H]6CC(OC(=O)[C@@H](CO)c7ccccc7)C[C@H]5[C@H]5O[C@H]56)CC[C@@]43C=O)[C@@]1(O)CC[C@H]2C1=CC(=O)OC1. The second-order valence-corrected chi connectivity index (χ2v) is 18.3. The third kappa shape index (κ3) is 5.34. The molecule has 8 aliphatic rings. The molecular weight excluding hydrogens is 678 g/mol. The fourth-order valence-corrected chi connectivity index (χ4v) is 13.5. The molecule has 4 heterocycles. The van der Waals surface area contributed by atoms with Crippen LogP contribution in [0.5, 0.6) is 0 Å². The summed E-state index contributed by atoms with van der Waals surface area (Å²) in [5.41, 5.74) is -0.0540. The fourth-order valence-electron chi connectivity index (χ4n) is 13.5. The van der Waals surface area contributed by atoms with Crippen molar-refractivity contribution in [2.75, 3.05) is 26.8 Å². The molecule has 286 valence electrons. The number of benzene rings is 1. The Morgan fingerprint density at radius 1 is 0.962 bits per heavy atom. The lowest BCUT2D eigenvalue weighted by Gasteiger charge is -2.63. The first kappa shape index (κ1) is 35.6.